The van der Waals surface area contributed by atoms with Crippen molar-refractivity contribution < 1.29 is 37.6 Å². The number of aromatic nitrogens is 2. The van der Waals surface area contributed by atoms with Gasteiger partial charge in [0.15, 0.2) is 36.2 Å². The van der Waals surface area contributed by atoms with E-state index in [4.69, 9.17) is 32.8 Å². The standard InChI is InChI=1S/C22H24N2O8/c1-13-6-7-15(16(8-13)26-2)30-12-20(25)31-11-19-23-24-22(32-19)14-9-17(27-3)21(29-5)18(10-14)28-4/h6-10H,11-12H2,1-5H3. The van der Waals surface area contributed by atoms with Crippen molar-refractivity contribution in [3.05, 3.63) is 41.8 Å². The molecule has 0 atom stereocenters. The van der Waals surface area contributed by atoms with Crippen LogP contribution in [0.2, 0.25) is 0 Å². The molecular weight excluding hydrogens is 420 g/mol. The molecule has 0 aliphatic carbocycles. The first kappa shape index (κ1) is 22.7. The highest BCUT2D eigenvalue weighted by Crippen LogP contribution is 2.40. The van der Waals surface area contributed by atoms with Gasteiger partial charge in [0.1, 0.15) is 0 Å². The summed E-state index contributed by atoms with van der Waals surface area (Å²) < 4.78 is 37.4. The van der Waals surface area contributed by atoms with Gasteiger partial charge in [-0.2, -0.15) is 0 Å². The van der Waals surface area contributed by atoms with Gasteiger partial charge in [-0.15, -0.1) is 10.2 Å². The fraction of sp³-hybridized carbons (Fsp3) is 0.318. The topological polar surface area (TPSA) is 111 Å². The molecule has 0 spiro atoms. The van der Waals surface area contributed by atoms with Crippen LogP contribution in [0.25, 0.3) is 11.5 Å². The molecule has 0 aliphatic heterocycles. The molecule has 3 aromatic rings. The first-order chi connectivity index (χ1) is 15.5. The van der Waals surface area contributed by atoms with Gasteiger partial charge in [0, 0.05) is 5.56 Å². The summed E-state index contributed by atoms with van der Waals surface area (Å²) in [5.74, 6) is 2.03. The van der Waals surface area contributed by atoms with Crippen molar-refractivity contribution in [2.24, 2.45) is 0 Å². The van der Waals surface area contributed by atoms with E-state index in [2.05, 4.69) is 10.2 Å². The first-order valence-corrected chi connectivity index (χ1v) is 9.54. The lowest BCUT2D eigenvalue weighted by Crippen LogP contribution is -2.15. The van der Waals surface area contributed by atoms with Crippen molar-refractivity contribution in [3.63, 3.8) is 0 Å². The van der Waals surface area contributed by atoms with Gasteiger partial charge in [-0.3, -0.25) is 0 Å². The number of hydrogen-bond donors (Lipinski definition) is 0. The summed E-state index contributed by atoms with van der Waals surface area (Å²) in [5, 5.41) is 7.89. The molecule has 0 saturated heterocycles. The Bertz CT molecular complexity index is 1050. The molecule has 0 radical (unpaired) electrons. The molecule has 10 heteroatoms. The van der Waals surface area contributed by atoms with E-state index in [1.807, 2.05) is 19.1 Å². The quantitative estimate of drug-likeness (QED) is 0.432. The van der Waals surface area contributed by atoms with E-state index < -0.39 is 5.97 Å². The Hall–Kier alpha value is -3.95. The maximum absolute atomic E-state index is 12.0. The average Bonchev–Trinajstić information content (AvgIpc) is 3.29. The lowest BCUT2D eigenvalue weighted by atomic mass is 10.2. The van der Waals surface area contributed by atoms with Gasteiger partial charge >= 0.3 is 5.97 Å². The lowest BCUT2D eigenvalue weighted by Gasteiger charge is -2.12. The molecular formula is C22H24N2O8. The Kier molecular flexibility index (Phi) is 7.37. The Morgan fingerprint density at radius 2 is 1.56 bits per heavy atom. The Labute approximate surface area is 185 Å². The molecule has 0 aliphatic rings. The van der Waals surface area contributed by atoms with Crippen molar-refractivity contribution in [2.75, 3.05) is 35.0 Å². The third-order valence-electron chi connectivity index (χ3n) is 4.40. The molecule has 170 valence electrons. The van der Waals surface area contributed by atoms with Crippen LogP contribution in [0.1, 0.15) is 11.5 Å². The zero-order chi connectivity index (χ0) is 23.1. The molecule has 1 aromatic heterocycles. The fourth-order valence-corrected chi connectivity index (χ4v) is 2.85. The van der Waals surface area contributed by atoms with Crippen molar-refractivity contribution in [3.8, 4) is 40.2 Å². The van der Waals surface area contributed by atoms with Gasteiger partial charge in [-0.25, -0.2) is 4.79 Å². The summed E-state index contributed by atoms with van der Waals surface area (Å²) in [6.45, 7) is 1.43. The monoisotopic (exact) mass is 444 g/mol. The van der Waals surface area contributed by atoms with Gasteiger partial charge in [-0.05, 0) is 36.8 Å². The van der Waals surface area contributed by atoms with Gasteiger partial charge in [0.2, 0.25) is 11.6 Å². The maximum Gasteiger partial charge on any atom is 0.344 e. The SMILES string of the molecule is COc1cc(C)ccc1OCC(=O)OCc1nnc(-c2cc(OC)c(OC)c(OC)c2)o1. The highest BCUT2D eigenvalue weighted by molar-refractivity contribution is 5.71. The van der Waals surface area contributed by atoms with E-state index in [-0.39, 0.29) is 25.0 Å². The largest absolute Gasteiger partial charge is 0.493 e. The molecule has 0 fully saturated rings. The van der Waals surface area contributed by atoms with Gasteiger partial charge in [-0.1, -0.05) is 6.07 Å². The van der Waals surface area contributed by atoms with Crippen molar-refractivity contribution >= 4 is 5.97 Å². The van der Waals surface area contributed by atoms with E-state index in [1.165, 1.54) is 28.4 Å². The molecule has 1 heterocycles. The van der Waals surface area contributed by atoms with E-state index in [9.17, 15) is 4.79 Å². The molecule has 3 rings (SSSR count). The number of methoxy groups -OCH3 is 4. The molecule has 32 heavy (non-hydrogen) atoms. The Morgan fingerprint density at radius 3 is 2.19 bits per heavy atom. The molecule has 10 nitrogen and oxygen atoms in total. The highest BCUT2D eigenvalue weighted by Gasteiger charge is 2.18. The predicted molar refractivity (Wildman–Crippen MR) is 112 cm³/mol. The average molecular weight is 444 g/mol. The number of nitrogens with zero attached hydrogens (tertiary/aromatic N) is 2. The second-order valence-electron chi connectivity index (χ2n) is 6.52. The minimum absolute atomic E-state index is 0.120. The van der Waals surface area contributed by atoms with Gasteiger partial charge < -0.3 is 32.8 Å². The van der Waals surface area contributed by atoms with Gasteiger partial charge in [0.25, 0.3) is 5.89 Å². The summed E-state index contributed by atoms with van der Waals surface area (Å²) in [4.78, 5) is 12.0. The summed E-state index contributed by atoms with van der Waals surface area (Å²) in [6.07, 6.45) is 0. The van der Waals surface area contributed by atoms with Crippen LogP contribution in [0, 0.1) is 6.92 Å². The Balaban J connectivity index is 1.62. The second-order valence-corrected chi connectivity index (χ2v) is 6.52. The first-order valence-electron chi connectivity index (χ1n) is 9.54. The zero-order valence-corrected chi connectivity index (χ0v) is 18.5. The van der Waals surface area contributed by atoms with Crippen LogP contribution in [0.5, 0.6) is 28.7 Å². The number of esters is 1. The molecule has 0 bridgehead atoms. The predicted octanol–water partition coefficient (Wildman–Crippen LogP) is 3.20. The van der Waals surface area contributed by atoms with Crippen LogP contribution in [-0.4, -0.2) is 51.2 Å². The second kappa shape index (κ2) is 10.4. The fourth-order valence-electron chi connectivity index (χ4n) is 2.85. The maximum atomic E-state index is 12.0. The van der Waals surface area contributed by atoms with Crippen molar-refractivity contribution in [1.82, 2.24) is 10.2 Å². The molecule has 0 saturated carbocycles. The normalized spacial score (nSPS) is 10.4. The van der Waals surface area contributed by atoms with E-state index in [0.717, 1.165) is 5.56 Å². The third kappa shape index (κ3) is 5.20. The summed E-state index contributed by atoms with van der Waals surface area (Å²) >= 11 is 0. The molecule has 0 N–H and O–H groups in total. The van der Waals surface area contributed by atoms with Crippen LogP contribution in [-0.2, 0) is 16.1 Å². The van der Waals surface area contributed by atoms with Crippen LogP contribution in [0.4, 0.5) is 0 Å². The number of ether oxygens (including phenoxy) is 6. The Morgan fingerprint density at radius 1 is 0.875 bits per heavy atom. The lowest BCUT2D eigenvalue weighted by molar-refractivity contribution is -0.148. The van der Waals surface area contributed by atoms with Gasteiger partial charge in [0.05, 0.1) is 28.4 Å². The van der Waals surface area contributed by atoms with Crippen LogP contribution >= 0.6 is 0 Å². The summed E-state index contributed by atoms with van der Waals surface area (Å²) in [5.41, 5.74) is 1.57. The third-order valence-corrected chi connectivity index (χ3v) is 4.40. The van der Waals surface area contributed by atoms with E-state index in [0.29, 0.717) is 34.3 Å². The minimum atomic E-state index is -0.597. The zero-order valence-electron chi connectivity index (χ0n) is 18.5. The van der Waals surface area contributed by atoms with Crippen LogP contribution in [0.15, 0.2) is 34.7 Å². The molecule has 2 aromatic carbocycles. The number of rotatable bonds is 10. The van der Waals surface area contributed by atoms with Crippen LogP contribution < -0.4 is 23.7 Å². The van der Waals surface area contributed by atoms with Crippen LogP contribution in [0.3, 0.4) is 0 Å². The van der Waals surface area contributed by atoms with E-state index >= 15 is 0 Å². The van der Waals surface area contributed by atoms with Crippen molar-refractivity contribution in [1.29, 1.82) is 0 Å². The van der Waals surface area contributed by atoms with Crippen molar-refractivity contribution in [2.45, 2.75) is 13.5 Å². The molecule has 0 amide bonds. The summed E-state index contributed by atoms with van der Waals surface area (Å²) in [7, 11) is 6.06. The number of benzene rings is 2. The number of carbonyl (C=O) groups is 1. The minimum Gasteiger partial charge on any atom is -0.493 e. The smallest absolute Gasteiger partial charge is 0.344 e. The summed E-state index contributed by atoms with van der Waals surface area (Å²) in [6, 6.07) is 8.74. The molecule has 0 unspecified atom stereocenters. The highest BCUT2D eigenvalue weighted by atomic mass is 16.6. The number of carbonyl (C=O) groups excluding carboxylic acids is 1. The number of hydrogen-bond acceptors (Lipinski definition) is 10. The van der Waals surface area contributed by atoms with E-state index in [1.54, 1.807) is 18.2 Å². The number of aryl methyl sites for hydroxylation is 1.